The Morgan fingerprint density at radius 2 is 2.24 bits per heavy atom. The van der Waals surface area contributed by atoms with Crippen LogP contribution >= 0.6 is 11.8 Å². The number of hydrogen-bond donors (Lipinski definition) is 1. The van der Waals surface area contributed by atoms with E-state index in [1.165, 1.54) is 6.07 Å². The molecule has 0 aliphatic heterocycles. The van der Waals surface area contributed by atoms with Crippen LogP contribution in [0.5, 0.6) is 0 Å². The standard InChI is InChI=1S/C14H17FN2O3S/c1-14(2,20-3)8-17-10-6-4-5-9(15)12(10)16-13(17)21-7-11(18)19/h4-6H,7-8H2,1-3H3,(H,18,19). The van der Waals surface area contributed by atoms with Crippen molar-refractivity contribution in [1.29, 1.82) is 0 Å². The van der Waals surface area contributed by atoms with E-state index in [4.69, 9.17) is 9.84 Å². The second-order valence-corrected chi connectivity index (χ2v) is 6.18. The van der Waals surface area contributed by atoms with Gasteiger partial charge in [0, 0.05) is 7.11 Å². The summed E-state index contributed by atoms with van der Waals surface area (Å²) in [5, 5.41) is 9.29. The minimum atomic E-state index is -0.940. The number of para-hydroxylation sites is 1. The van der Waals surface area contributed by atoms with Crippen molar-refractivity contribution in [1.82, 2.24) is 9.55 Å². The quantitative estimate of drug-likeness (QED) is 0.831. The molecule has 0 radical (unpaired) electrons. The molecule has 0 unspecified atom stereocenters. The van der Waals surface area contributed by atoms with E-state index in [1.54, 1.807) is 23.8 Å². The van der Waals surface area contributed by atoms with Gasteiger partial charge in [-0.1, -0.05) is 17.8 Å². The number of fused-ring (bicyclic) bond motifs is 1. The molecule has 7 heteroatoms. The Morgan fingerprint density at radius 1 is 1.52 bits per heavy atom. The maximum Gasteiger partial charge on any atom is 0.313 e. The second kappa shape index (κ2) is 6.03. The summed E-state index contributed by atoms with van der Waals surface area (Å²) in [7, 11) is 1.60. The minimum Gasteiger partial charge on any atom is -0.481 e. The van der Waals surface area contributed by atoms with E-state index in [0.29, 0.717) is 17.2 Å². The van der Waals surface area contributed by atoms with Gasteiger partial charge in [-0.15, -0.1) is 0 Å². The van der Waals surface area contributed by atoms with Crippen LogP contribution in [0.15, 0.2) is 23.4 Å². The van der Waals surface area contributed by atoms with E-state index in [-0.39, 0.29) is 11.3 Å². The molecule has 0 aliphatic rings. The molecule has 0 aliphatic carbocycles. The number of carboxylic acid groups (broad SMARTS) is 1. The van der Waals surface area contributed by atoms with Gasteiger partial charge in [-0.2, -0.15) is 0 Å². The summed E-state index contributed by atoms with van der Waals surface area (Å²) in [4.78, 5) is 15.0. The number of nitrogens with zero attached hydrogens (tertiary/aromatic N) is 2. The molecule has 1 aromatic heterocycles. The molecular weight excluding hydrogens is 295 g/mol. The predicted molar refractivity (Wildman–Crippen MR) is 79.1 cm³/mol. The molecule has 1 heterocycles. The summed E-state index contributed by atoms with van der Waals surface area (Å²) in [6, 6.07) is 4.72. The second-order valence-electron chi connectivity index (χ2n) is 5.23. The first kappa shape index (κ1) is 15.8. The zero-order valence-electron chi connectivity index (χ0n) is 12.1. The van der Waals surface area contributed by atoms with E-state index in [0.717, 1.165) is 11.8 Å². The summed E-state index contributed by atoms with van der Waals surface area (Å²) in [6.07, 6.45) is 0. The highest BCUT2D eigenvalue weighted by atomic mass is 32.2. The molecule has 1 N–H and O–H groups in total. The molecule has 5 nitrogen and oxygen atoms in total. The molecule has 0 spiro atoms. The summed E-state index contributed by atoms with van der Waals surface area (Å²) in [6.45, 7) is 4.26. The number of hydrogen-bond acceptors (Lipinski definition) is 4. The molecule has 1 aromatic carbocycles. The van der Waals surface area contributed by atoms with Crippen molar-refractivity contribution in [3.05, 3.63) is 24.0 Å². The van der Waals surface area contributed by atoms with Crippen LogP contribution in [0.3, 0.4) is 0 Å². The number of ether oxygens (including phenoxy) is 1. The molecule has 0 fully saturated rings. The Bertz CT molecular complexity index is 670. The Kier molecular flexibility index (Phi) is 4.53. The maximum atomic E-state index is 13.9. The van der Waals surface area contributed by atoms with Crippen LogP contribution in [0.2, 0.25) is 0 Å². The van der Waals surface area contributed by atoms with Crippen molar-refractivity contribution in [2.24, 2.45) is 0 Å². The number of rotatable bonds is 6. The molecule has 114 valence electrons. The molecular formula is C14H17FN2O3S. The third kappa shape index (κ3) is 3.54. The summed E-state index contributed by atoms with van der Waals surface area (Å²) in [5.74, 6) is -1.48. The Hall–Kier alpha value is -1.60. The van der Waals surface area contributed by atoms with Gasteiger partial charge in [0.2, 0.25) is 0 Å². The van der Waals surface area contributed by atoms with Crippen LogP contribution in [0, 0.1) is 5.82 Å². The van der Waals surface area contributed by atoms with Crippen molar-refractivity contribution in [3.8, 4) is 0 Å². The highest BCUT2D eigenvalue weighted by molar-refractivity contribution is 7.99. The van der Waals surface area contributed by atoms with Crippen molar-refractivity contribution in [3.63, 3.8) is 0 Å². The molecule has 0 bridgehead atoms. The molecule has 2 aromatic rings. The van der Waals surface area contributed by atoms with Crippen molar-refractivity contribution in [2.45, 2.75) is 31.1 Å². The smallest absolute Gasteiger partial charge is 0.313 e. The van der Waals surface area contributed by atoms with Gasteiger partial charge < -0.3 is 14.4 Å². The van der Waals surface area contributed by atoms with Gasteiger partial charge in [-0.3, -0.25) is 4.79 Å². The SMILES string of the molecule is COC(C)(C)Cn1c(SCC(=O)O)nc2c(F)cccc21. The van der Waals surface area contributed by atoms with Crippen LogP contribution in [0.4, 0.5) is 4.39 Å². The number of thioether (sulfide) groups is 1. The number of benzene rings is 1. The van der Waals surface area contributed by atoms with E-state index in [2.05, 4.69) is 4.98 Å². The third-order valence-corrected chi connectivity index (χ3v) is 4.07. The highest BCUT2D eigenvalue weighted by Gasteiger charge is 2.23. The maximum absolute atomic E-state index is 13.9. The van der Waals surface area contributed by atoms with Gasteiger partial charge in [0.05, 0.1) is 23.4 Å². The summed E-state index contributed by atoms with van der Waals surface area (Å²) < 4.78 is 21.1. The zero-order chi connectivity index (χ0) is 15.6. The molecule has 0 atom stereocenters. The van der Waals surface area contributed by atoms with Crippen LogP contribution in [-0.4, -0.2) is 39.1 Å². The van der Waals surface area contributed by atoms with Crippen LogP contribution < -0.4 is 0 Å². The first-order valence-corrected chi connectivity index (χ1v) is 7.37. The zero-order valence-corrected chi connectivity index (χ0v) is 12.9. The third-order valence-electron chi connectivity index (χ3n) is 3.11. The van der Waals surface area contributed by atoms with E-state index < -0.39 is 17.4 Å². The van der Waals surface area contributed by atoms with Crippen LogP contribution in [0.25, 0.3) is 11.0 Å². The lowest BCUT2D eigenvalue weighted by Crippen LogP contribution is -2.29. The highest BCUT2D eigenvalue weighted by Crippen LogP contribution is 2.28. The monoisotopic (exact) mass is 312 g/mol. The number of aliphatic carboxylic acids is 1. The van der Waals surface area contributed by atoms with Gasteiger partial charge in [0.15, 0.2) is 11.0 Å². The minimum absolute atomic E-state index is 0.127. The first-order chi connectivity index (χ1) is 9.84. The topological polar surface area (TPSA) is 64.3 Å². The van der Waals surface area contributed by atoms with Gasteiger partial charge in [0.1, 0.15) is 5.52 Å². The van der Waals surface area contributed by atoms with Crippen molar-refractivity contribution >= 4 is 28.8 Å². The Morgan fingerprint density at radius 3 is 2.86 bits per heavy atom. The van der Waals surface area contributed by atoms with Gasteiger partial charge in [-0.25, -0.2) is 9.37 Å². The normalized spacial score (nSPS) is 12.0. The average molecular weight is 312 g/mol. The van der Waals surface area contributed by atoms with Crippen LogP contribution in [0.1, 0.15) is 13.8 Å². The molecule has 0 saturated heterocycles. The summed E-state index contributed by atoms with van der Waals surface area (Å²) >= 11 is 1.07. The first-order valence-electron chi connectivity index (χ1n) is 6.38. The van der Waals surface area contributed by atoms with E-state index in [9.17, 15) is 9.18 Å². The number of imidazole rings is 1. The van der Waals surface area contributed by atoms with Crippen LogP contribution in [-0.2, 0) is 16.1 Å². The fourth-order valence-corrected chi connectivity index (χ4v) is 2.65. The van der Waals surface area contributed by atoms with E-state index >= 15 is 0 Å². The summed E-state index contributed by atoms with van der Waals surface area (Å²) in [5.41, 5.74) is 0.406. The van der Waals surface area contributed by atoms with Crippen molar-refractivity contribution in [2.75, 3.05) is 12.9 Å². The number of halogens is 1. The fraction of sp³-hybridized carbons (Fsp3) is 0.429. The molecule has 0 saturated carbocycles. The molecule has 2 rings (SSSR count). The fourth-order valence-electron chi connectivity index (χ4n) is 1.93. The van der Waals surface area contributed by atoms with E-state index in [1.807, 2.05) is 13.8 Å². The largest absolute Gasteiger partial charge is 0.481 e. The molecule has 21 heavy (non-hydrogen) atoms. The number of carbonyl (C=O) groups is 1. The molecule has 0 amide bonds. The van der Waals surface area contributed by atoms with Gasteiger partial charge in [-0.05, 0) is 26.0 Å². The Balaban J connectivity index is 2.49. The van der Waals surface area contributed by atoms with Crippen molar-refractivity contribution < 1.29 is 19.0 Å². The average Bonchev–Trinajstić information content (AvgIpc) is 2.76. The Labute approximate surface area is 126 Å². The lowest BCUT2D eigenvalue weighted by atomic mass is 10.1. The lowest BCUT2D eigenvalue weighted by molar-refractivity contribution is -0.133. The van der Waals surface area contributed by atoms with Gasteiger partial charge >= 0.3 is 5.97 Å². The lowest BCUT2D eigenvalue weighted by Gasteiger charge is -2.24. The predicted octanol–water partition coefficient (Wildman–Crippen LogP) is 2.78. The van der Waals surface area contributed by atoms with Gasteiger partial charge in [0.25, 0.3) is 0 Å². The number of carboxylic acids is 1. The number of methoxy groups -OCH3 is 1. The number of aromatic nitrogens is 2.